The Hall–Kier alpha value is 1.02. The second kappa shape index (κ2) is 29.8. The Morgan fingerprint density at radius 1 is 0.625 bits per heavy atom. The zero-order valence-electron chi connectivity index (χ0n) is 7.07. The van der Waals surface area contributed by atoms with Gasteiger partial charge in [0.15, 0.2) is 0 Å². The molecule has 0 spiro atoms. The summed E-state index contributed by atoms with van der Waals surface area (Å²) in [6, 6.07) is 0. The van der Waals surface area contributed by atoms with Crippen LogP contribution in [0.1, 0.15) is 0 Å². The molecule has 0 saturated heterocycles. The third-order valence-corrected chi connectivity index (χ3v) is 0. The topological polar surface area (TPSA) is 0 Å². The van der Waals surface area contributed by atoms with E-state index in [2.05, 4.69) is 13.5 Å². The molecule has 0 aromatic heterocycles. The smallest absolute Gasteiger partial charge is 0.152 e. The number of hydrogen-bond acceptors (Lipinski definition) is 0. The first kappa shape index (κ1) is 30.2. The third-order valence-electron chi connectivity index (χ3n) is 0. The first-order valence-corrected chi connectivity index (χ1v) is 5.38. The summed E-state index contributed by atoms with van der Waals surface area (Å²) in [5.41, 5.74) is 0. The van der Waals surface area contributed by atoms with Gasteiger partial charge in [0.05, 0.1) is 0 Å². The fourth-order valence-electron chi connectivity index (χ4n) is 0. The Labute approximate surface area is 104 Å². The van der Waals surface area contributed by atoms with Crippen molar-refractivity contribution in [2.75, 3.05) is 0 Å². The van der Waals surface area contributed by atoms with Crippen LogP contribution >= 0.6 is 26.6 Å². The van der Waals surface area contributed by atoms with E-state index in [1.807, 2.05) is 0 Å². The normalized spacial score (nSPS) is 7.56. The van der Waals surface area contributed by atoms with Gasteiger partial charge in [0.25, 0.3) is 0 Å². The zero-order chi connectivity index (χ0) is 13.4. The van der Waals surface area contributed by atoms with Gasteiger partial charge in [-0.2, -0.15) is 37.8 Å². The minimum Gasteiger partial charge on any atom is -0.152 e. The van der Waals surface area contributed by atoms with Gasteiger partial charge in [-0.25, -0.2) is 0 Å². The molecule has 0 saturated carbocycles. The molecule has 0 N–H and O–H groups in total. The second-order valence-corrected chi connectivity index (χ2v) is 2.01. The van der Waals surface area contributed by atoms with Crippen LogP contribution in [0, 0.1) is 6.92 Å². The van der Waals surface area contributed by atoms with Crippen LogP contribution in [0.2, 0.25) is 0 Å². The molecule has 2 radical (unpaired) electrons. The van der Waals surface area contributed by atoms with Crippen molar-refractivity contribution in [1.29, 1.82) is 0 Å². The molecule has 0 rings (SSSR count). The molecular formula is C3H5F9P3Rh. The summed E-state index contributed by atoms with van der Waals surface area (Å²) < 4.78 is 87.6. The summed E-state index contributed by atoms with van der Waals surface area (Å²) in [7, 11) is -12.4. The maximum absolute atomic E-state index is 9.73. The quantitative estimate of drug-likeness (QED) is 0.223. The van der Waals surface area contributed by atoms with Crippen LogP contribution in [0.4, 0.5) is 37.8 Å². The van der Waals surface area contributed by atoms with Gasteiger partial charge in [-0.3, -0.25) is 0 Å². The van der Waals surface area contributed by atoms with Crippen LogP contribution in [-0.4, -0.2) is 0 Å². The van der Waals surface area contributed by atoms with E-state index in [-0.39, 0.29) is 19.5 Å². The molecule has 0 unspecified atom stereocenters. The van der Waals surface area contributed by atoms with Crippen molar-refractivity contribution in [1.82, 2.24) is 0 Å². The number of allylic oxidation sites excluding steroid dienone is 1. The van der Waals surface area contributed by atoms with Gasteiger partial charge < -0.3 is 0 Å². The number of rotatable bonds is 0. The van der Waals surface area contributed by atoms with Gasteiger partial charge in [0.1, 0.15) is 0 Å². The summed E-state index contributed by atoms with van der Waals surface area (Å²) in [5.74, 6) is 0. The SMILES string of the molecule is FP(F)F.FP(F)F.FP(F)F.[CH2]C=C.[Rh]. The van der Waals surface area contributed by atoms with Crippen LogP contribution in [0.3, 0.4) is 0 Å². The summed E-state index contributed by atoms with van der Waals surface area (Å²) in [6.45, 7) is 6.50. The molecule has 16 heavy (non-hydrogen) atoms. The Kier molecular flexibility index (Phi) is 56.2. The van der Waals surface area contributed by atoms with Crippen molar-refractivity contribution in [2.45, 2.75) is 0 Å². The second-order valence-electron chi connectivity index (χ2n) is 0.864. The first-order chi connectivity index (χ1) is 6.61. The molecule has 0 heterocycles. The fourth-order valence-corrected chi connectivity index (χ4v) is 0. The standard InChI is InChI=1S/C3H5.3F3P.Rh/c1-3-2;3*1-4(2)3;/h3H,1-2H2;;;;. The van der Waals surface area contributed by atoms with Crippen LogP contribution in [0.5, 0.6) is 0 Å². The predicted octanol–water partition coefficient (Wildman–Crippen LogP) is 7.37. The van der Waals surface area contributed by atoms with E-state index in [9.17, 15) is 37.8 Å². The van der Waals surface area contributed by atoms with Crippen LogP contribution < -0.4 is 0 Å². The van der Waals surface area contributed by atoms with Crippen LogP contribution in [0.15, 0.2) is 12.7 Å². The van der Waals surface area contributed by atoms with Crippen molar-refractivity contribution >= 4 is 26.6 Å². The average Bonchev–Trinajstić information content (AvgIpc) is 1.81. The third kappa shape index (κ3) is 2820. The van der Waals surface area contributed by atoms with E-state index in [0.717, 1.165) is 0 Å². The molecule has 0 fully saturated rings. The predicted molar refractivity (Wildman–Crippen MR) is 46.3 cm³/mol. The minimum absolute atomic E-state index is 0. The largest absolute Gasteiger partial charge is 0.456 e. The van der Waals surface area contributed by atoms with Gasteiger partial charge in [-0.05, 0) is 6.92 Å². The fraction of sp³-hybridized carbons (Fsp3) is 0. The van der Waals surface area contributed by atoms with Crippen molar-refractivity contribution in [3.8, 4) is 0 Å². The summed E-state index contributed by atoms with van der Waals surface area (Å²) in [6.07, 6.45) is 1.50. The van der Waals surface area contributed by atoms with Gasteiger partial charge in [-0.15, -0.1) is 6.58 Å². The Balaban J connectivity index is -0.0000000331. The molecule has 0 aromatic rings. The van der Waals surface area contributed by atoms with Crippen molar-refractivity contribution in [3.05, 3.63) is 19.6 Å². The molecule has 13 heteroatoms. The molecule has 0 aliphatic heterocycles. The van der Waals surface area contributed by atoms with Gasteiger partial charge in [0, 0.05) is 19.5 Å². The molecule has 0 nitrogen and oxygen atoms in total. The minimum atomic E-state index is -4.12. The Morgan fingerprint density at radius 3 is 0.625 bits per heavy atom. The van der Waals surface area contributed by atoms with Gasteiger partial charge in [-0.1, -0.05) is 6.08 Å². The molecule has 0 aromatic carbocycles. The molecule has 0 bridgehead atoms. The van der Waals surface area contributed by atoms with E-state index < -0.39 is 26.6 Å². The Bertz CT molecular complexity index is 81.5. The average molecular weight is 408 g/mol. The van der Waals surface area contributed by atoms with Crippen LogP contribution in [0.25, 0.3) is 0 Å². The van der Waals surface area contributed by atoms with Gasteiger partial charge >= 0.3 is 26.6 Å². The molecular weight excluding hydrogens is 403 g/mol. The summed E-state index contributed by atoms with van der Waals surface area (Å²) in [4.78, 5) is 0. The molecule has 104 valence electrons. The van der Waals surface area contributed by atoms with Crippen LogP contribution in [-0.2, 0) is 19.5 Å². The van der Waals surface area contributed by atoms with Crippen molar-refractivity contribution < 1.29 is 57.3 Å². The molecule has 0 amide bonds. The molecule has 0 aliphatic rings. The molecule has 0 atom stereocenters. The van der Waals surface area contributed by atoms with Crippen molar-refractivity contribution in [3.63, 3.8) is 0 Å². The van der Waals surface area contributed by atoms with E-state index in [1.54, 1.807) is 0 Å². The Morgan fingerprint density at radius 2 is 0.625 bits per heavy atom. The maximum atomic E-state index is 9.73. The zero-order valence-corrected chi connectivity index (χ0v) is 11.4. The summed E-state index contributed by atoms with van der Waals surface area (Å²) in [5, 5.41) is 0. The first-order valence-electron chi connectivity index (χ1n) is 2.34. The maximum Gasteiger partial charge on any atom is 0.456 e. The molecule has 0 aliphatic carbocycles. The number of hydrogen-bond donors (Lipinski definition) is 0. The van der Waals surface area contributed by atoms with E-state index in [0.29, 0.717) is 0 Å². The van der Waals surface area contributed by atoms with Crippen molar-refractivity contribution in [2.24, 2.45) is 0 Å². The van der Waals surface area contributed by atoms with Gasteiger partial charge in [0.2, 0.25) is 0 Å². The van der Waals surface area contributed by atoms with E-state index in [1.165, 1.54) is 6.08 Å². The van der Waals surface area contributed by atoms with E-state index >= 15 is 0 Å². The van der Waals surface area contributed by atoms with E-state index in [4.69, 9.17) is 0 Å². The summed E-state index contributed by atoms with van der Waals surface area (Å²) >= 11 is 0. The number of halogens is 9. The monoisotopic (exact) mass is 408 g/mol.